The minimum atomic E-state index is -1.19. The summed E-state index contributed by atoms with van der Waals surface area (Å²) < 4.78 is 7.31. The number of carbonyl (C=O) groups excluding carboxylic acids is 1. The molecule has 0 bridgehead atoms. The molecule has 6 rings (SSSR count). The van der Waals surface area contributed by atoms with Crippen LogP contribution in [-0.4, -0.2) is 53.9 Å². The van der Waals surface area contributed by atoms with Crippen LogP contribution in [0.4, 0.5) is 0 Å². The number of aliphatic hydroxyl groups is 1. The van der Waals surface area contributed by atoms with Crippen LogP contribution >= 0.6 is 0 Å². The molecule has 1 aliphatic rings. The molecule has 3 heterocycles. The van der Waals surface area contributed by atoms with Crippen molar-refractivity contribution in [2.24, 2.45) is 0 Å². The number of aromatic hydroxyl groups is 1. The molecule has 10 heteroatoms. The number of furan rings is 1. The molecule has 0 radical (unpaired) electrons. The fraction of sp³-hybridized carbons (Fsp3) is 0.276. The number of amides is 1. The Kier molecular flexibility index (Phi) is 6.32. The number of carbonyl (C=O) groups is 2. The van der Waals surface area contributed by atoms with Crippen molar-refractivity contribution in [2.75, 3.05) is 0 Å². The standard InChI is InChI=1S/C29H28N4O6/c34-19-6-7-21-20(13-19)18(14-30-21)12-23(29(37)38)32-28(36)16-5-8-24-22(11-16)31-27(17-9-10-39-15-17)33(24)25-3-1-2-4-26(25)35/h5-11,13-15,23,25-26,30,34-35H,1-4,12H2,(H,32,36)(H,37,38)/t23-,25+,26+/m0/s1. The van der Waals surface area contributed by atoms with Crippen molar-refractivity contribution in [3.05, 3.63) is 72.3 Å². The van der Waals surface area contributed by atoms with Gasteiger partial charge in [0.1, 0.15) is 23.9 Å². The van der Waals surface area contributed by atoms with Gasteiger partial charge in [-0.05, 0) is 60.9 Å². The lowest BCUT2D eigenvalue weighted by molar-refractivity contribution is -0.139. The molecule has 3 aromatic heterocycles. The molecule has 0 unspecified atom stereocenters. The number of aliphatic hydroxyl groups excluding tert-OH is 1. The molecule has 3 atom stereocenters. The van der Waals surface area contributed by atoms with E-state index >= 15 is 0 Å². The zero-order valence-corrected chi connectivity index (χ0v) is 21.0. The Morgan fingerprint density at radius 2 is 2.00 bits per heavy atom. The SMILES string of the molecule is O=C(N[C@@H](Cc1c[nH]c2ccc(O)cc12)C(=O)O)c1ccc2c(c1)nc(-c1ccoc1)n2[C@@H]1CCCC[C@H]1O. The van der Waals surface area contributed by atoms with Gasteiger partial charge < -0.3 is 34.6 Å². The maximum atomic E-state index is 13.2. The zero-order valence-electron chi connectivity index (χ0n) is 21.0. The van der Waals surface area contributed by atoms with Crippen LogP contribution in [0.15, 0.2) is 65.6 Å². The lowest BCUT2D eigenvalue weighted by atomic mass is 9.92. The first kappa shape index (κ1) is 24.7. The van der Waals surface area contributed by atoms with Crippen LogP contribution in [-0.2, 0) is 11.2 Å². The highest BCUT2D eigenvalue weighted by molar-refractivity contribution is 6.00. The Balaban J connectivity index is 1.31. The maximum absolute atomic E-state index is 13.2. The van der Waals surface area contributed by atoms with Gasteiger partial charge in [-0.2, -0.15) is 0 Å². The number of hydrogen-bond acceptors (Lipinski definition) is 6. The number of aromatic amines is 1. The van der Waals surface area contributed by atoms with Gasteiger partial charge in [0.25, 0.3) is 5.91 Å². The molecule has 5 N–H and O–H groups in total. The quantitative estimate of drug-likeness (QED) is 0.210. The van der Waals surface area contributed by atoms with Crippen molar-refractivity contribution >= 4 is 33.8 Å². The first-order valence-electron chi connectivity index (χ1n) is 12.9. The van der Waals surface area contributed by atoms with E-state index in [2.05, 4.69) is 10.3 Å². The highest BCUT2D eigenvalue weighted by Crippen LogP contribution is 2.36. The number of aromatic nitrogens is 3. The zero-order chi connectivity index (χ0) is 27.1. The summed E-state index contributed by atoms with van der Waals surface area (Å²) in [6.45, 7) is 0. The fourth-order valence-electron chi connectivity index (χ4n) is 5.56. The van der Waals surface area contributed by atoms with E-state index in [4.69, 9.17) is 9.40 Å². The molecule has 5 aromatic rings. The van der Waals surface area contributed by atoms with Crippen LogP contribution in [0, 0.1) is 0 Å². The van der Waals surface area contributed by atoms with Crippen molar-refractivity contribution in [1.29, 1.82) is 0 Å². The number of H-pyrrole nitrogens is 1. The first-order chi connectivity index (χ1) is 18.9. The number of carboxylic acid groups (broad SMARTS) is 1. The van der Waals surface area contributed by atoms with Crippen LogP contribution in [0.2, 0.25) is 0 Å². The van der Waals surface area contributed by atoms with Crippen LogP contribution in [0.25, 0.3) is 33.3 Å². The number of nitrogens with one attached hydrogen (secondary N) is 2. The van der Waals surface area contributed by atoms with E-state index in [1.807, 2.05) is 10.6 Å². The smallest absolute Gasteiger partial charge is 0.326 e. The van der Waals surface area contributed by atoms with Gasteiger partial charge in [0, 0.05) is 29.1 Å². The Bertz CT molecular complexity index is 1670. The van der Waals surface area contributed by atoms with E-state index in [0.29, 0.717) is 28.7 Å². The van der Waals surface area contributed by atoms with Crippen molar-refractivity contribution in [1.82, 2.24) is 19.9 Å². The van der Waals surface area contributed by atoms with Crippen molar-refractivity contribution in [3.8, 4) is 17.1 Å². The summed E-state index contributed by atoms with van der Waals surface area (Å²) in [5.41, 5.74) is 3.82. The fourth-order valence-corrected chi connectivity index (χ4v) is 5.56. The number of benzene rings is 2. The van der Waals surface area contributed by atoms with Gasteiger partial charge in [-0.1, -0.05) is 12.8 Å². The number of carboxylic acids is 1. The van der Waals surface area contributed by atoms with Gasteiger partial charge in [-0.3, -0.25) is 4.79 Å². The van der Waals surface area contributed by atoms with Crippen LogP contribution in [0.1, 0.15) is 47.6 Å². The monoisotopic (exact) mass is 528 g/mol. The Morgan fingerprint density at radius 3 is 2.77 bits per heavy atom. The maximum Gasteiger partial charge on any atom is 0.326 e. The van der Waals surface area contributed by atoms with Crippen LogP contribution in [0.5, 0.6) is 5.75 Å². The molecule has 1 saturated carbocycles. The molecule has 1 fully saturated rings. The second kappa shape index (κ2) is 9.95. The third kappa shape index (κ3) is 4.63. The molecule has 10 nitrogen and oxygen atoms in total. The van der Waals surface area contributed by atoms with Gasteiger partial charge in [0.15, 0.2) is 0 Å². The first-order valence-corrected chi connectivity index (χ1v) is 12.9. The normalized spacial score (nSPS) is 18.4. The van der Waals surface area contributed by atoms with E-state index in [-0.39, 0.29) is 23.8 Å². The van der Waals surface area contributed by atoms with Crippen molar-refractivity contribution < 1.29 is 29.3 Å². The summed E-state index contributed by atoms with van der Waals surface area (Å²) in [6, 6.07) is 10.4. The van der Waals surface area contributed by atoms with Crippen molar-refractivity contribution in [2.45, 2.75) is 50.3 Å². The van der Waals surface area contributed by atoms with Gasteiger partial charge >= 0.3 is 5.97 Å². The molecule has 39 heavy (non-hydrogen) atoms. The Hall–Kier alpha value is -4.57. The van der Waals surface area contributed by atoms with E-state index in [1.54, 1.807) is 55.1 Å². The minimum Gasteiger partial charge on any atom is -0.508 e. The molecule has 0 spiro atoms. The number of hydrogen-bond donors (Lipinski definition) is 5. The van der Waals surface area contributed by atoms with Gasteiger partial charge in [0.2, 0.25) is 0 Å². The van der Waals surface area contributed by atoms with E-state index in [9.17, 15) is 24.9 Å². The summed E-state index contributed by atoms with van der Waals surface area (Å²) >= 11 is 0. The summed E-state index contributed by atoms with van der Waals surface area (Å²) in [4.78, 5) is 33.1. The summed E-state index contributed by atoms with van der Waals surface area (Å²) in [5.74, 6) is -0.989. The predicted molar refractivity (Wildman–Crippen MR) is 144 cm³/mol. The number of phenols is 1. The second-order valence-corrected chi connectivity index (χ2v) is 10.1. The topological polar surface area (TPSA) is 154 Å². The highest BCUT2D eigenvalue weighted by atomic mass is 16.4. The Labute approximate surface area is 222 Å². The molecule has 2 aromatic carbocycles. The molecule has 1 aliphatic carbocycles. The number of aliphatic carboxylic acids is 1. The molecule has 200 valence electrons. The van der Waals surface area contributed by atoms with E-state index in [0.717, 1.165) is 35.9 Å². The van der Waals surface area contributed by atoms with Crippen LogP contribution in [0.3, 0.4) is 0 Å². The van der Waals surface area contributed by atoms with Gasteiger partial charge in [-0.25, -0.2) is 9.78 Å². The van der Waals surface area contributed by atoms with Gasteiger partial charge in [0.05, 0.1) is 35.0 Å². The summed E-state index contributed by atoms with van der Waals surface area (Å²) in [7, 11) is 0. The second-order valence-electron chi connectivity index (χ2n) is 10.1. The van der Waals surface area contributed by atoms with Crippen LogP contribution < -0.4 is 5.32 Å². The number of rotatable bonds is 7. The highest BCUT2D eigenvalue weighted by Gasteiger charge is 2.30. The third-order valence-corrected chi connectivity index (χ3v) is 7.54. The molecule has 1 amide bonds. The molecular weight excluding hydrogens is 500 g/mol. The molecule has 0 saturated heterocycles. The number of phenolic OH excluding ortho intramolecular Hbond substituents is 1. The minimum absolute atomic E-state index is 0.0333. The average Bonchev–Trinajstić information content (AvgIpc) is 3.67. The number of imidazole rings is 1. The average molecular weight is 529 g/mol. The predicted octanol–water partition coefficient (Wildman–Crippen LogP) is 4.38. The Morgan fingerprint density at radius 1 is 1.15 bits per heavy atom. The summed E-state index contributed by atoms with van der Waals surface area (Å²) in [5, 5.41) is 33.8. The molecule has 0 aliphatic heterocycles. The lowest BCUT2D eigenvalue weighted by Gasteiger charge is -2.30. The molecular formula is C29H28N4O6. The van der Waals surface area contributed by atoms with E-state index < -0.39 is 24.0 Å². The number of fused-ring (bicyclic) bond motifs is 2. The third-order valence-electron chi connectivity index (χ3n) is 7.54. The van der Waals surface area contributed by atoms with E-state index in [1.165, 1.54) is 0 Å². The largest absolute Gasteiger partial charge is 0.508 e. The number of nitrogens with zero attached hydrogens (tertiary/aromatic N) is 2. The van der Waals surface area contributed by atoms with Crippen molar-refractivity contribution in [3.63, 3.8) is 0 Å². The lowest BCUT2D eigenvalue weighted by Crippen LogP contribution is -2.42. The summed E-state index contributed by atoms with van der Waals surface area (Å²) in [6.07, 6.45) is 7.87. The van der Waals surface area contributed by atoms with Gasteiger partial charge in [-0.15, -0.1) is 0 Å².